The molecule has 4 nitrogen and oxygen atoms in total. The molecule has 3 heterocycles. The van der Waals surface area contributed by atoms with Gasteiger partial charge in [0.25, 0.3) is 5.91 Å². The zero-order chi connectivity index (χ0) is 12.5. The number of imidazole rings is 1. The van der Waals surface area contributed by atoms with Gasteiger partial charge in [0.15, 0.2) is 0 Å². The van der Waals surface area contributed by atoms with E-state index in [4.69, 9.17) is 11.6 Å². The Hall–Kier alpha value is -1.33. The fourth-order valence-electron chi connectivity index (χ4n) is 2.13. The van der Waals surface area contributed by atoms with Gasteiger partial charge in [-0.2, -0.15) is 0 Å². The van der Waals surface area contributed by atoms with Crippen molar-refractivity contribution in [2.75, 3.05) is 13.1 Å². The third-order valence-corrected chi connectivity index (χ3v) is 4.28. The molecule has 1 amide bonds. The number of carbonyl (C=O) groups is 1. The summed E-state index contributed by atoms with van der Waals surface area (Å²) in [5.74, 6) is 0.618. The van der Waals surface area contributed by atoms with Gasteiger partial charge in [0.05, 0.1) is 15.5 Å². The molecule has 0 aromatic carbocycles. The minimum Gasteiger partial charge on any atom is -0.337 e. The van der Waals surface area contributed by atoms with E-state index in [1.54, 1.807) is 18.3 Å². The van der Waals surface area contributed by atoms with Crippen LogP contribution in [0, 0.1) is 5.92 Å². The molecule has 1 fully saturated rings. The molecule has 1 aliphatic rings. The van der Waals surface area contributed by atoms with Crippen LogP contribution >= 0.6 is 22.9 Å². The van der Waals surface area contributed by atoms with E-state index in [1.165, 1.54) is 11.3 Å². The van der Waals surface area contributed by atoms with Crippen LogP contribution in [0.25, 0.3) is 0 Å². The molecule has 0 unspecified atom stereocenters. The first-order chi connectivity index (χ1) is 8.72. The van der Waals surface area contributed by atoms with Gasteiger partial charge in [-0.15, -0.1) is 11.3 Å². The topological polar surface area (TPSA) is 38.1 Å². The quantitative estimate of drug-likeness (QED) is 0.866. The number of amides is 1. The highest BCUT2D eigenvalue weighted by Crippen LogP contribution is 2.26. The Kier molecular flexibility index (Phi) is 3.09. The van der Waals surface area contributed by atoms with E-state index in [0.29, 0.717) is 10.3 Å². The van der Waals surface area contributed by atoms with Crippen molar-refractivity contribution >= 4 is 28.8 Å². The maximum Gasteiger partial charge on any atom is 0.263 e. The average molecular weight is 282 g/mol. The number of carbonyl (C=O) groups excluding carboxylic acids is 1. The maximum absolute atomic E-state index is 12.0. The zero-order valence-corrected chi connectivity index (χ0v) is 11.2. The normalized spacial score (nSPS) is 15.7. The average Bonchev–Trinajstić information content (AvgIpc) is 2.93. The monoisotopic (exact) mass is 281 g/mol. The smallest absolute Gasteiger partial charge is 0.263 e. The van der Waals surface area contributed by atoms with Crippen LogP contribution < -0.4 is 0 Å². The van der Waals surface area contributed by atoms with Crippen LogP contribution in [0.4, 0.5) is 0 Å². The molecule has 94 valence electrons. The van der Waals surface area contributed by atoms with Crippen molar-refractivity contribution in [3.63, 3.8) is 0 Å². The number of hydrogen-bond donors (Lipinski definition) is 0. The van der Waals surface area contributed by atoms with E-state index in [9.17, 15) is 4.79 Å². The summed E-state index contributed by atoms with van der Waals surface area (Å²) in [6.45, 7) is 2.55. The number of aromatic nitrogens is 2. The first-order valence-corrected chi connectivity index (χ1v) is 6.92. The molecular formula is C12H12ClN3OS. The van der Waals surface area contributed by atoms with Crippen molar-refractivity contribution in [2.24, 2.45) is 5.92 Å². The predicted octanol–water partition coefficient (Wildman–Crippen LogP) is 2.37. The van der Waals surface area contributed by atoms with Crippen molar-refractivity contribution in [2.45, 2.75) is 6.54 Å². The van der Waals surface area contributed by atoms with Crippen LogP contribution in [0.1, 0.15) is 9.67 Å². The van der Waals surface area contributed by atoms with E-state index >= 15 is 0 Å². The van der Waals surface area contributed by atoms with Crippen LogP contribution in [0.15, 0.2) is 30.9 Å². The largest absolute Gasteiger partial charge is 0.337 e. The molecule has 3 rings (SSSR count). The summed E-state index contributed by atoms with van der Waals surface area (Å²) >= 11 is 7.17. The highest BCUT2D eigenvalue weighted by atomic mass is 35.5. The van der Waals surface area contributed by atoms with Gasteiger partial charge in [-0.25, -0.2) is 4.98 Å². The summed E-state index contributed by atoms with van der Waals surface area (Å²) in [5.41, 5.74) is 0. The van der Waals surface area contributed by atoms with Gasteiger partial charge in [-0.05, 0) is 12.1 Å². The fourth-order valence-corrected chi connectivity index (χ4v) is 3.14. The minimum atomic E-state index is 0.0915. The van der Waals surface area contributed by atoms with Crippen molar-refractivity contribution in [3.05, 3.63) is 40.1 Å². The maximum atomic E-state index is 12.0. The summed E-state index contributed by atoms with van der Waals surface area (Å²) in [5, 5.41) is 0. The van der Waals surface area contributed by atoms with Crippen molar-refractivity contribution in [1.82, 2.24) is 14.5 Å². The summed E-state index contributed by atoms with van der Waals surface area (Å²) in [4.78, 5) is 18.6. The van der Waals surface area contributed by atoms with Gasteiger partial charge in [0.1, 0.15) is 0 Å². The lowest BCUT2D eigenvalue weighted by molar-refractivity contribution is 0.0473. The number of hydrogen-bond acceptors (Lipinski definition) is 3. The second kappa shape index (κ2) is 4.74. The van der Waals surface area contributed by atoms with E-state index in [2.05, 4.69) is 9.55 Å². The molecule has 6 heteroatoms. The Morgan fingerprint density at radius 1 is 1.50 bits per heavy atom. The molecule has 0 N–H and O–H groups in total. The Labute approximate surface area is 114 Å². The molecule has 0 saturated carbocycles. The number of rotatable bonds is 3. The highest BCUT2D eigenvalue weighted by molar-refractivity contribution is 7.17. The number of nitrogens with zero attached hydrogens (tertiary/aromatic N) is 3. The molecule has 0 radical (unpaired) electrons. The molecule has 1 saturated heterocycles. The first-order valence-electron chi connectivity index (χ1n) is 5.73. The molecule has 0 aliphatic carbocycles. The second-order valence-electron chi connectivity index (χ2n) is 4.44. The van der Waals surface area contributed by atoms with E-state index in [-0.39, 0.29) is 5.91 Å². The second-order valence-corrected chi connectivity index (χ2v) is 6.15. The molecule has 18 heavy (non-hydrogen) atoms. The molecule has 0 spiro atoms. The lowest BCUT2D eigenvalue weighted by Crippen LogP contribution is -2.51. The molecule has 2 aromatic heterocycles. The Morgan fingerprint density at radius 2 is 2.33 bits per heavy atom. The van der Waals surface area contributed by atoms with E-state index in [1.807, 2.05) is 17.4 Å². The Balaban J connectivity index is 1.54. The number of thiophene rings is 1. The van der Waals surface area contributed by atoms with E-state index in [0.717, 1.165) is 24.5 Å². The van der Waals surface area contributed by atoms with Crippen LogP contribution in [0.5, 0.6) is 0 Å². The van der Waals surface area contributed by atoms with Gasteiger partial charge in [0.2, 0.25) is 0 Å². The summed E-state index contributed by atoms with van der Waals surface area (Å²) in [6, 6.07) is 3.56. The highest BCUT2D eigenvalue weighted by Gasteiger charge is 2.31. The molecule has 0 bridgehead atoms. The fraction of sp³-hybridized carbons (Fsp3) is 0.333. The molecule has 2 aromatic rings. The molecule has 1 aliphatic heterocycles. The minimum absolute atomic E-state index is 0.0915. The Bertz CT molecular complexity index is 545. The molecule has 0 atom stereocenters. The lowest BCUT2D eigenvalue weighted by Gasteiger charge is -2.39. The SMILES string of the molecule is O=C(c1ccc(Cl)s1)N1CC(Cn2ccnc2)C1. The van der Waals surface area contributed by atoms with E-state index < -0.39 is 0 Å². The van der Waals surface area contributed by atoms with Gasteiger partial charge in [-0.1, -0.05) is 11.6 Å². The van der Waals surface area contributed by atoms with Crippen LogP contribution in [-0.2, 0) is 6.54 Å². The van der Waals surface area contributed by atoms with Gasteiger partial charge >= 0.3 is 0 Å². The van der Waals surface area contributed by atoms with Gasteiger partial charge < -0.3 is 9.47 Å². The first kappa shape index (κ1) is 11.7. The van der Waals surface area contributed by atoms with Crippen molar-refractivity contribution < 1.29 is 4.79 Å². The third-order valence-electron chi connectivity index (χ3n) is 3.06. The van der Waals surface area contributed by atoms with Gasteiger partial charge in [-0.3, -0.25) is 4.79 Å². The van der Waals surface area contributed by atoms with Crippen molar-refractivity contribution in [3.8, 4) is 0 Å². The summed E-state index contributed by atoms with van der Waals surface area (Å²) < 4.78 is 2.71. The summed E-state index contributed by atoms with van der Waals surface area (Å²) in [6.07, 6.45) is 5.53. The Morgan fingerprint density at radius 3 is 2.94 bits per heavy atom. The summed E-state index contributed by atoms with van der Waals surface area (Å²) in [7, 11) is 0. The lowest BCUT2D eigenvalue weighted by atomic mass is 10.00. The number of likely N-dealkylation sites (tertiary alicyclic amines) is 1. The zero-order valence-electron chi connectivity index (χ0n) is 9.62. The number of halogens is 1. The standard InChI is InChI=1S/C12H12ClN3OS/c13-11-2-1-10(18-11)12(17)16-6-9(7-16)5-15-4-3-14-8-15/h1-4,8-9H,5-7H2. The van der Waals surface area contributed by atoms with Crippen LogP contribution in [-0.4, -0.2) is 33.4 Å². The van der Waals surface area contributed by atoms with Gasteiger partial charge in [0, 0.05) is 37.9 Å². The molecular weight excluding hydrogens is 270 g/mol. The van der Waals surface area contributed by atoms with Crippen LogP contribution in [0.2, 0.25) is 4.34 Å². The van der Waals surface area contributed by atoms with Crippen molar-refractivity contribution in [1.29, 1.82) is 0 Å². The predicted molar refractivity (Wildman–Crippen MR) is 70.9 cm³/mol. The van der Waals surface area contributed by atoms with Crippen LogP contribution in [0.3, 0.4) is 0 Å². The third kappa shape index (κ3) is 2.28.